The van der Waals surface area contributed by atoms with Crippen molar-refractivity contribution in [3.63, 3.8) is 0 Å². The number of anilines is 1. The average Bonchev–Trinajstić information content (AvgIpc) is 3.71. The lowest BCUT2D eigenvalue weighted by molar-refractivity contribution is -0.0967. The van der Waals surface area contributed by atoms with Crippen LogP contribution in [-0.2, 0) is 17.8 Å². The molecule has 6 heterocycles. The Bertz CT molecular complexity index is 2480. The highest BCUT2D eigenvalue weighted by molar-refractivity contribution is 6.34. The van der Waals surface area contributed by atoms with Gasteiger partial charge in [-0.2, -0.15) is 15.1 Å². The Morgan fingerprint density at radius 1 is 1.03 bits per heavy atom. The number of carbonyl (C=O) groups excluding carboxylic acids is 1. The van der Waals surface area contributed by atoms with Crippen LogP contribution in [0.1, 0.15) is 81.4 Å². The van der Waals surface area contributed by atoms with Crippen LogP contribution in [0.2, 0.25) is 5.02 Å². The molecule has 0 spiro atoms. The number of carbonyl (C=O) groups is 1. The average molecular weight is 845 g/mol. The maximum Gasteiger partial charge on any atom is 0.319 e. The van der Waals surface area contributed by atoms with Crippen LogP contribution in [0, 0.1) is 17.0 Å². The van der Waals surface area contributed by atoms with Crippen LogP contribution in [0.25, 0.3) is 32.9 Å². The molecule has 1 N–H and O–H groups in total. The Labute approximate surface area is 352 Å². The summed E-state index contributed by atoms with van der Waals surface area (Å²) in [6.45, 7) is 6.82. The first kappa shape index (κ1) is 40.5. The van der Waals surface area contributed by atoms with Crippen LogP contribution < -0.4 is 14.4 Å². The predicted octanol–water partition coefficient (Wildman–Crippen LogP) is 7.77. The smallest absolute Gasteiger partial charge is 0.319 e. The van der Waals surface area contributed by atoms with Gasteiger partial charge in [0.25, 0.3) is 5.91 Å². The minimum Gasteiger partial charge on any atom is -0.508 e. The fourth-order valence-electron chi connectivity index (χ4n) is 10.5. The number of hydrogen-bond donors (Lipinski definition) is 1. The van der Waals surface area contributed by atoms with E-state index in [9.17, 15) is 9.90 Å². The molecule has 0 radical (unpaired) electrons. The summed E-state index contributed by atoms with van der Waals surface area (Å²) in [5.41, 5.74) is 0.267. The Balaban J connectivity index is 1.16. The molecule has 1 saturated carbocycles. The van der Waals surface area contributed by atoms with Gasteiger partial charge in [-0.15, -0.1) is 0 Å². The summed E-state index contributed by atoms with van der Waals surface area (Å²) in [5, 5.41) is 16.2. The summed E-state index contributed by atoms with van der Waals surface area (Å²) in [7, 11) is 4.70. The quantitative estimate of drug-likeness (QED) is 0.164. The van der Waals surface area contributed by atoms with Gasteiger partial charge in [0.05, 0.1) is 43.2 Å². The van der Waals surface area contributed by atoms with E-state index in [0.717, 1.165) is 51.5 Å². The summed E-state index contributed by atoms with van der Waals surface area (Å²) in [5.74, 6) is -1.65. The van der Waals surface area contributed by atoms with Crippen molar-refractivity contribution in [2.24, 2.45) is 5.41 Å². The first-order chi connectivity index (χ1) is 28.9. The number of fused-ring (bicyclic) bond motifs is 4. The molecule has 3 fully saturated rings. The third kappa shape index (κ3) is 7.05. The molecule has 60 heavy (non-hydrogen) atoms. The molecule has 318 valence electrons. The lowest BCUT2D eigenvalue weighted by atomic mass is 9.74. The van der Waals surface area contributed by atoms with Crippen LogP contribution in [0.15, 0.2) is 30.3 Å². The summed E-state index contributed by atoms with van der Waals surface area (Å²) in [6.07, 6.45) is 8.17. The highest BCUT2D eigenvalue weighted by Gasteiger charge is 2.51. The molecule has 2 saturated heterocycles. The van der Waals surface area contributed by atoms with Crippen molar-refractivity contribution in [1.29, 1.82) is 0 Å². The van der Waals surface area contributed by atoms with Crippen molar-refractivity contribution < 1.29 is 32.9 Å². The molecule has 3 aromatic heterocycles. The van der Waals surface area contributed by atoms with Gasteiger partial charge in [0.1, 0.15) is 34.0 Å². The van der Waals surface area contributed by atoms with Crippen molar-refractivity contribution in [1.82, 2.24) is 34.5 Å². The van der Waals surface area contributed by atoms with Gasteiger partial charge in [0, 0.05) is 55.6 Å². The molecule has 5 atom stereocenters. The minimum absolute atomic E-state index is 0.000370. The summed E-state index contributed by atoms with van der Waals surface area (Å²) >= 11 is 6.90. The van der Waals surface area contributed by atoms with E-state index in [1.165, 1.54) is 36.3 Å². The van der Waals surface area contributed by atoms with Gasteiger partial charge in [-0.1, -0.05) is 30.2 Å². The molecule has 4 aliphatic rings. The molecule has 9 rings (SSSR count). The molecule has 1 aliphatic carbocycles. The van der Waals surface area contributed by atoms with E-state index < -0.39 is 11.6 Å². The van der Waals surface area contributed by atoms with Gasteiger partial charge in [-0.3, -0.25) is 14.4 Å². The highest BCUT2D eigenvalue weighted by atomic mass is 35.5. The highest BCUT2D eigenvalue weighted by Crippen LogP contribution is 2.50. The SMILES string of the molecule is COc1nc(-c2cc(O)cc3cccc(F)c23)c(F)c2nc(OC[C@]34CCCC3N(C3C[C@@H](C)O[C@@H](C)C3)CCC4)nc(N3CCCn4nc(C(=O)N(C)C)c(Cl)c4C3)c12. The van der Waals surface area contributed by atoms with Crippen molar-refractivity contribution in [2.75, 3.05) is 45.8 Å². The van der Waals surface area contributed by atoms with Gasteiger partial charge < -0.3 is 29.1 Å². The van der Waals surface area contributed by atoms with Crippen LogP contribution in [0.5, 0.6) is 17.6 Å². The van der Waals surface area contributed by atoms with Crippen LogP contribution in [0.3, 0.4) is 0 Å². The van der Waals surface area contributed by atoms with Crippen LogP contribution in [-0.4, -0.2) is 111 Å². The molecule has 3 aliphatic heterocycles. The van der Waals surface area contributed by atoms with Gasteiger partial charge in [0.2, 0.25) is 5.88 Å². The molecule has 2 unspecified atom stereocenters. The zero-order chi connectivity index (χ0) is 42.0. The monoisotopic (exact) mass is 844 g/mol. The topological polar surface area (TPSA) is 131 Å². The number of methoxy groups -OCH3 is 1. The second-order valence-electron chi connectivity index (χ2n) is 17.3. The van der Waals surface area contributed by atoms with E-state index in [-0.39, 0.29) is 86.0 Å². The van der Waals surface area contributed by atoms with E-state index >= 15 is 8.78 Å². The number of aromatic nitrogens is 5. The van der Waals surface area contributed by atoms with E-state index in [2.05, 4.69) is 28.8 Å². The molecule has 16 heteroatoms. The van der Waals surface area contributed by atoms with E-state index in [1.54, 1.807) is 24.8 Å². The number of amides is 1. The number of halogens is 3. The number of phenols is 1. The lowest BCUT2D eigenvalue weighted by Crippen LogP contribution is -2.57. The third-order valence-electron chi connectivity index (χ3n) is 13.1. The number of phenolic OH excluding ortho intramolecular Hbond substituents is 1. The number of likely N-dealkylation sites (tertiary alicyclic amines) is 1. The number of pyridine rings is 1. The number of nitrogens with zero attached hydrogens (tertiary/aromatic N) is 8. The fourth-order valence-corrected chi connectivity index (χ4v) is 10.8. The Hall–Kier alpha value is -4.86. The Morgan fingerprint density at radius 3 is 2.58 bits per heavy atom. The number of aromatic hydroxyl groups is 1. The third-order valence-corrected chi connectivity index (χ3v) is 13.5. The first-order valence-electron chi connectivity index (χ1n) is 21.0. The minimum atomic E-state index is -0.852. The Morgan fingerprint density at radius 2 is 1.82 bits per heavy atom. The van der Waals surface area contributed by atoms with Crippen LogP contribution >= 0.6 is 11.6 Å². The zero-order valence-electron chi connectivity index (χ0n) is 34.7. The number of benzene rings is 2. The number of ether oxygens (including phenoxy) is 3. The van der Waals surface area contributed by atoms with Gasteiger partial charge in [-0.05, 0) is 88.9 Å². The number of rotatable bonds is 8. The second-order valence-corrected chi connectivity index (χ2v) is 17.6. The molecule has 5 aromatic rings. The molecule has 0 bridgehead atoms. The first-order valence-corrected chi connectivity index (χ1v) is 21.4. The van der Waals surface area contributed by atoms with Gasteiger partial charge in [0.15, 0.2) is 11.5 Å². The summed E-state index contributed by atoms with van der Waals surface area (Å²) in [4.78, 5) is 33.6. The molecule has 2 aromatic carbocycles. The molecular formula is C44H51ClF2N8O5. The van der Waals surface area contributed by atoms with Crippen molar-refractivity contribution in [3.8, 4) is 28.9 Å². The van der Waals surface area contributed by atoms with Gasteiger partial charge >= 0.3 is 6.01 Å². The summed E-state index contributed by atoms with van der Waals surface area (Å²) in [6, 6.07) is 7.90. The van der Waals surface area contributed by atoms with Crippen molar-refractivity contribution in [2.45, 2.75) is 103 Å². The van der Waals surface area contributed by atoms with Crippen LogP contribution in [0.4, 0.5) is 14.6 Å². The van der Waals surface area contributed by atoms with E-state index in [0.29, 0.717) is 55.1 Å². The number of piperidine rings is 1. The predicted molar refractivity (Wildman–Crippen MR) is 224 cm³/mol. The summed E-state index contributed by atoms with van der Waals surface area (Å²) < 4.78 is 53.5. The maximum atomic E-state index is 17.5. The van der Waals surface area contributed by atoms with E-state index in [4.69, 9.17) is 35.8 Å². The second kappa shape index (κ2) is 15.9. The normalized spacial score (nSPS) is 24.6. The molecule has 1 amide bonds. The molecular weight excluding hydrogens is 794 g/mol. The number of hydrogen-bond acceptors (Lipinski definition) is 11. The largest absolute Gasteiger partial charge is 0.508 e. The lowest BCUT2D eigenvalue weighted by Gasteiger charge is -2.51. The number of aryl methyl sites for hydroxylation is 1. The Kier molecular flexibility index (Phi) is 10.7. The maximum absolute atomic E-state index is 17.5. The zero-order valence-corrected chi connectivity index (χ0v) is 35.4. The standard InChI is InChI=1S/C44H51ClF2N8O5/c1-24-18-27(19-25(2)60-24)54-16-8-14-44(13-7-12-32(44)54)23-59-43-49-38-34(40(50-43)53-15-9-17-55-31(22-53)35(45)39(51-55)42(57)52(3)4)41(58-5)48-37(36(38)47)29-21-28(56)20-26-10-6-11-30(46)33(26)29/h6,10-11,20-21,24-25,27,32,56H,7-9,12-19,22-23H2,1-5H3/t24-,25+,27?,32?,44-/m1/s1. The van der Waals surface area contributed by atoms with Crippen molar-refractivity contribution in [3.05, 3.63) is 58.4 Å². The molecule has 13 nitrogen and oxygen atoms in total. The van der Waals surface area contributed by atoms with E-state index in [1.807, 2.05) is 4.90 Å². The van der Waals surface area contributed by atoms with Crippen molar-refractivity contribution >= 4 is 45.0 Å². The fraction of sp³-hybridized carbons (Fsp3) is 0.523. The van der Waals surface area contributed by atoms with Gasteiger partial charge in [-0.25, -0.2) is 13.8 Å².